The van der Waals surface area contributed by atoms with Crippen LogP contribution in [0.1, 0.15) is 11.1 Å². The highest BCUT2D eigenvalue weighted by molar-refractivity contribution is 6.31. The minimum atomic E-state index is -0.526. The van der Waals surface area contributed by atoms with Gasteiger partial charge in [0.1, 0.15) is 12.4 Å². The van der Waals surface area contributed by atoms with Crippen LogP contribution < -0.4 is 10.5 Å². The Balaban J connectivity index is 2.12. The van der Waals surface area contributed by atoms with Crippen molar-refractivity contribution in [2.45, 2.75) is 13.2 Å². The van der Waals surface area contributed by atoms with Gasteiger partial charge < -0.3 is 10.5 Å². The van der Waals surface area contributed by atoms with Crippen molar-refractivity contribution in [3.05, 3.63) is 64.2 Å². The molecule has 2 N–H and O–H groups in total. The van der Waals surface area contributed by atoms with E-state index < -0.39 is 11.6 Å². The number of nitrogens with two attached hydrogens (primary N) is 1. The van der Waals surface area contributed by atoms with E-state index in [2.05, 4.69) is 0 Å². The van der Waals surface area contributed by atoms with E-state index in [1.807, 2.05) is 0 Å². The third kappa shape index (κ3) is 3.22. The standard InChI is InChI=1S/C14H12ClF2NO/c15-14-10(2-1-3-11(14)16)8-19-13-5-4-9(7-18)6-12(13)17/h1-6H,7-8,18H2. The van der Waals surface area contributed by atoms with Crippen LogP contribution in [0.5, 0.6) is 5.75 Å². The van der Waals surface area contributed by atoms with E-state index in [1.165, 1.54) is 24.3 Å². The lowest BCUT2D eigenvalue weighted by atomic mass is 10.2. The van der Waals surface area contributed by atoms with E-state index in [1.54, 1.807) is 12.1 Å². The van der Waals surface area contributed by atoms with Crippen LogP contribution in [0.25, 0.3) is 0 Å². The Morgan fingerprint density at radius 2 is 1.89 bits per heavy atom. The number of rotatable bonds is 4. The van der Waals surface area contributed by atoms with Gasteiger partial charge in [0.25, 0.3) is 0 Å². The Morgan fingerprint density at radius 3 is 2.58 bits per heavy atom. The predicted octanol–water partition coefficient (Wildman–Crippen LogP) is 3.66. The third-order valence-electron chi connectivity index (χ3n) is 2.65. The summed E-state index contributed by atoms with van der Waals surface area (Å²) in [6.45, 7) is 0.252. The smallest absolute Gasteiger partial charge is 0.165 e. The Kier molecular flexibility index (Phi) is 4.35. The van der Waals surface area contributed by atoms with Crippen molar-refractivity contribution in [2.24, 2.45) is 5.73 Å². The van der Waals surface area contributed by atoms with Crippen molar-refractivity contribution in [1.82, 2.24) is 0 Å². The molecule has 0 fully saturated rings. The second-order valence-electron chi connectivity index (χ2n) is 3.97. The van der Waals surface area contributed by atoms with E-state index in [4.69, 9.17) is 22.1 Å². The molecule has 2 nitrogen and oxygen atoms in total. The van der Waals surface area contributed by atoms with E-state index in [9.17, 15) is 8.78 Å². The highest BCUT2D eigenvalue weighted by Crippen LogP contribution is 2.23. The molecule has 2 aromatic carbocycles. The predicted molar refractivity (Wildman–Crippen MR) is 70.0 cm³/mol. The number of hydrogen-bond donors (Lipinski definition) is 1. The molecule has 0 spiro atoms. The topological polar surface area (TPSA) is 35.2 Å². The Morgan fingerprint density at radius 1 is 1.11 bits per heavy atom. The van der Waals surface area contributed by atoms with Gasteiger partial charge in [0, 0.05) is 12.1 Å². The lowest BCUT2D eigenvalue weighted by Gasteiger charge is -2.09. The van der Waals surface area contributed by atoms with Crippen molar-refractivity contribution < 1.29 is 13.5 Å². The first kappa shape index (κ1) is 13.8. The fourth-order valence-corrected chi connectivity index (χ4v) is 1.78. The lowest BCUT2D eigenvalue weighted by molar-refractivity contribution is 0.289. The van der Waals surface area contributed by atoms with Gasteiger partial charge in [-0.3, -0.25) is 0 Å². The normalized spacial score (nSPS) is 10.5. The molecular formula is C14H12ClF2NO. The maximum absolute atomic E-state index is 13.6. The number of ether oxygens (including phenoxy) is 1. The van der Waals surface area contributed by atoms with E-state index in [0.717, 1.165) is 0 Å². The minimum absolute atomic E-state index is 0.00448. The van der Waals surface area contributed by atoms with Gasteiger partial charge in [0.05, 0.1) is 5.02 Å². The summed E-state index contributed by atoms with van der Waals surface area (Å²) in [5, 5.41) is -0.0125. The molecule has 0 aliphatic rings. The zero-order valence-electron chi connectivity index (χ0n) is 10.00. The first-order valence-corrected chi connectivity index (χ1v) is 6.04. The van der Waals surface area contributed by atoms with E-state index in [0.29, 0.717) is 11.1 Å². The molecule has 0 saturated heterocycles. The average molecular weight is 284 g/mol. The summed E-state index contributed by atoms with van der Waals surface area (Å²) in [6.07, 6.45) is 0. The van der Waals surface area contributed by atoms with Crippen molar-refractivity contribution in [2.75, 3.05) is 0 Å². The SMILES string of the molecule is NCc1ccc(OCc2cccc(F)c2Cl)c(F)c1. The van der Waals surface area contributed by atoms with Gasteiger partial charge in [-0.2, -0.15) is 0 Å². The summed E-state index contributed by atoms with van der Waals surface area (Å²) in [5.74, 6) is -0.949. The van der Waals surface area contributed by atoms with Crippen molar-refractivity contribution in [3.63, 3.8) is 0 Å². The Bertz CT molecular complexity index is 590. The van der Waals surface area contributed by atoms with Gasteiger partial charge in [0.15, 0.2) is 11.6 Å². The molecule has 0 radical (unpaired) electrons. The molecule has 0 aliphatic carbocycles. The number of benzene rings is 2. The largest absolute Gasteiger partial charge is 0.486 e. The van der Waals surface area contributed by atoms with Crippen LogP contribution in [-0.2, 0) is 13.2 Å². The number of hydrogen-bond acceptors (Lipinski definition) is 2. The second-order valence-corrected chi connectivity index (χ2v) is 4.35. The molecule has 2 rings (SSSR count). The third-order valence-corrected chi connectivity index (χ3v) is 3.07. The fourth-order valence-electron chi connectivity index (χ4n) is 1.60. The Hall–Kier alpha value is -1.65. The molecule has 0 amide bonds. The van der Waals surface area contributed by atoms with Crippen LogP contribution in [0.2, 0.25) is 5.02 Å². The Labute approximate surface area is 114 Å². The van der Waals surface area contributed by atoms with Crippen LogP contribution >= 0.6 is 11.6 Å². The second kappa shape index (κ2) is 5.99. The van der Waals surface area contributed by atoms with Crippen LogP contribution in [0.3, 0.4) is 0 Å². The average Bonchev–Trinajstić information content (AvgIpc) is 2.41. The summed E-state index contributed by atoms with van der Waals surface area (Å²) < 4.78 is 32.1. The highest BCUT2D eigenvalue weighted by Gasteiger charge is 2.08. The summed E-state index contributed by atoms with van der Waals surface area (Å²) in [5.41, 5.74) is 6.54. The van der Waals surface area contributed by atoms with Gasteiger partial charge in [-0.1, -0.05) is 29.8 Å². The lowest BCUT2D eigenvalue weighted by Crippen LogP contribution is -2.01. The highest BCUT2D eigenvalue weighted by atomic mass is 35.5. The van der Waals surface area contributed by atoms with Gasteiger partial charge >= 0.3 is 0 Å². The van der Waals surface area contributed by atoms with E-state index >= 15 is 0 Å². The molecule has 0 aliphatic heterocycles. The molecule has 2 aromatic rings. The van der Waals surface area contributed by atoms with Crippen molar-refractivity contribution in [1.29, 1.82) is 0 Å². The van der Waals surface area contributed by atoms with Crippen LogP contribution in [-0.4, -0.2) is 0 Å². The van der Waals surface area contributed by atoms with Gasteiger partial charge in [-0.05, 0) is 23.8 Å². The molecule has 0 aromatic heterocycles. The fraction of sp³-hybridized carbons (Fsp3) is 0.143. The molecule has 0 bridgehead atoms. The molecule has 100 valence electrons. The molecule has 0 heterocycles. The van der Waals surface area contributed by atoms with Crippen LogP contribution in [0, 0.1) is 11.6 Å². The van der Waals surface area contributed by atoms with Crippen molar-refractivity contribution in [3.8, 4) is 5.75 Å². The van der Waals surface area contributed by atoms with Crippen LogP contribution in [0.4, 0.5) is 8.78 Å². The molecule has 5 heteroatoms. The summed E-state index contributed by atoms with van der Waals surface area (Å²) >= 11 is 5.78. The van der Waals surface area contributed by atoms with Crippen LogP contribution in [0.15, 0.2) is 36.4 Å². The first-order chi connectivity index (χ1) is 9.11. The van der Waals surface area contributed by atoms with Crippen molar-refractivity contribution >= 4 is 11.6 Å². The van der Waals surface area contributed by atoms with Gasteiger partial charge in [-0.25, -0.2) is 8.78 Å². The summed E-state index contributed by atoms with van der Waals surface area (Å²) in [4.78, 5) is 0. The molecule has 19 heavy (non-hydrogen) atoms. The molecule has 0 atom stereocenters. The van der Waals surface area contributed by atoms with Gasteiger partial charge in [0.2, 0.25) is 0 Å². The zero-order chi connectivity index (χ0) is 13.8. The van der Waals surface area contributed by atoms with E-state index in [-0.39, 0.29) is 23.9 Å². The maximum Gasteiger partial charge on any atom is 0.165 e. The summed E-state index contributed by atoms with van der Waals surface area (Å²) in [7, 11) is 0. The molecule has 0 saturated carbocycles. The maximum atomic E-state index is 13.6. The zero-order valence-corrected chi connectivity index (χ0v) is 10.8. The first-order valence-electron chi connectivity index (χ1n) is 5.66. The monoisotopic (exact) mass is 283 g/mol. The number of halogens is 3. The quantitative estimate of drug-likeness (QED) is 0.929. The minimum Gasteiger partial charge on any atom is -0.486 e. The molecular weight excluding hydrogens is 272 g/mol. The van der Waals surface area contributed by atoms with Gasteiger partial charge in [-0.15, -0.1) is 0 Å². The molecule has 0 unspecified atom stereocenters. The summed E-state index contributed by atoms with van der Waals surface area (Å²) in [6, 6.07) is 8.87.